The average Bonchev–Trinajstić information content (AvgIpc) is 3.14. The van der Waals surface area contributed by atoms with E-state index in [-0.39, 0.29) is 6.04 Å². The lowest BCUT2D eigenvalue weighted by Gasteiger charge is -2.34. The maximum absolute atomic E-state index is 11.6. The summed E-state index contributed by atoms with van der Waals surface area (Å²) in [5.41, 5.74) is 1.90. The van der Waals surface area contributed by atoms with Crippen molar-refractivity contribution in [3.8, 4) is 11.4 Å². The standard InChI is InChI=1S/C18H20N4O2S2/c1-26(23,24)21-14-5-4-9-22(11-14)18-15-6-2-3-7-16(15)19-17(20-18)13-8-10-25-12-13/h2-3,6-8,10,12,14,21H,4-5,9,11H2,1H3. The number of fused-ring (bicyclic) bond motifs is 1. The highest BCUT2D eigenvalue weighted by atomic mass is 32.2. The van der Waals surface area contributed by atoms with Crippen molar-refractivity contribution in [2.45, 2.75) is 18.9 Å². The van der Waals surface area contributed by atoms with E-state index in [9.17, 15) is 8.42 Å². The summed E-state index contributed by atoms with van der Waals surface area (Å²) in [6.45, 7) is 1.46. The van der Waals surface area contributed by atoms with Crippen LogP contribution < -0.4 is 9.62 Å². The Kier molecular flexibility index (Phi) is 4.64. The molecule has 0 bridgehead atoms. The number of aromatic nitrogens is 2. The fourth-order valence-electron chi connectivity index (χ4n) is 3.39. The molecule has 3 aromatic rings. The van der Waals surface area contributed by atoms with Gasteiger partial charge < -0.3 is 4.90 Å². The number of thiophene rings is 1. The summed E-state index contributed by atoms with van der Waals surface area (Å²) in [5.74, 6) is 1.58. The molecule has 6 nitrogen and oxygen atoms in total. The largest absolute Gasteiger partial charge is 0.354 e. The van der Waals surface area contributed by atoms with Crippen LogP contribution in [0.15, 0.2) is 41.1 Å². The summed E-state index contributed by atoms with van der Waals surface area (Å²) < 4.78 is 26.0. The highest BCUT2D eigenvalue weighted by Crippen LogP contribution is 2.30. The quantitative estimate of drug-likeness (QED) is 0.744. The first kappa shape index (κ1) is 17.4. The monoisotopic (exact) mass is 388 g/mol. The molecule has 1 N–H and O–H groups in total. The van der Waals surface area contributed by atoms with Crippen molar-refractivity contribution in [3.63, 3.8) is 0 Å². The second-order valence-electron chi connectivity index (χ2n) is 6.58. The summed E-state index contributed by atoms with van der Waals surface area (Å²) in [7, 11) is -3.22. The molecule has 2 aromatic heterocycles. The van der Waals surface area contributed by atoms with Gasteiger partial charge in [0.2, 0.25) is 10.0 Å². The third kappa shape index (κ3) is 3.72. The molecule has 1 unspecified atom stereocenters. The van der Waals surface area contributed by atoms with Gasteiger partial charge in [0.15, 0.2) is 5.82 Å². The molecule has 4 rings (SSSR count). The molecule has 136 valence electrons. The first-order valence-electron chi connectivity index (χ1n) is 8.51. The Morgan fingerprint density at radius 3 is 2.85 bits per heavy atom. The molecular formula is C18H20N4O2S2. The van der Waals surface area contributed by atoms with Gasteiger partial charge in [0, 0.05) is 35.5 Å². The van der Waals surface area contributed by atoms with E-state index >= 15 is 0 Å². The van der Waals surface area contributed by atoms with E-state index in [1.165, 1.54) is 6.26 Å². The van der Waals surface area contributed by atoms with Crippen molar-refractivity contribution in [1.29, 1.82) is 0 Å². The summed E-state index contributed by atoms with van der Waals surface area (Å²) >= 11 is 1.62. The lowest BCUT2D eigenvalue weighted by Crippen LogP contribution is -2.47. The van der Waals surface area contributed by atoms with Crippen LogP contribution in [0.25, 0.3) is 22.3 Å². The number of para-hydroxylation sites is 1. The van der Waals surface area contributed by atoms with Gasteiger partial charge in [-0.1, -0.05) is 12.1 Å². The van der Waals surface area contributed by atoms with Crippen LogP contribution in [0.5, 0.6) is 0 Å². The first-order chi connectivity index (χ1) is 12.5. The van der Waals surface area contributed by atoms with Gasteiger partial charge in [-0.15, -0.1) is 0 Å². The minimum atomic E-state index is -3.22. The molecule has 1 fully saturated rings. The van der Waals surface area contributed by atoms with Crippen molar-refractivity contribution in [2.75, 3.05) is 24.2 Å². The fourth-order valence-corrected chi connectivity index (χ4v) is 4.82. The van der Waals surface area contributed by atoms with Gasteiger partial charge in [-0.2, -0.15) is 11.3 Å². The zero-order chi connectivity index (χ0) is 18.1. The van der Waals surface area contributed by atoms with Crippen LogP contribution in [0.2, 0.25) is 0 Å². The van der Waals surface area contributed by atoms with Crippen molar-refractivity contribution < 1.29 is 8.42 Å². The van der Waals surface area contributed by atoms with E-state index in [1.54, 1.807) is 11.3 Å². The van der Waals surface area contributed by atoms with Gasteiger partial charge in [-0.25, -0.2) is 23.1 Å². The van der Waals surface area contributed by atoms with Gasteiger partial charge in [-0.3, -0.25) is 0 Å². The van der Waals surface area contributed by atoms with E-state index in [0.717, 1.165) is 41.7 Å². The van der Waals surface area contributed by atoms with Crippen LogP contribution in [0.3, 0.4) is 0 Å². The summed E-state index contributed by atoms with van der Waals surface area (Å²) in [6.07, 6.45) is 2.96. The normalized spacial score (nSPS) is 18.3. The molecule has 0 aliphatic carbocycles. The summed E-state index contributed by atoms with van der Waals surface area (Å²) in [5, 5.41) is 5.05. The van der Waals surface area contributed by atoms with Crippen molar-refractivity contribution >= 4 is 38.1 Å². The molecule has 1 saturated heterocycles. The minimum absolute atomic E-state index is 0.0999. The Bertz CT molecular complexity index is 1020. The molecule has 0 amide bonds. The van der Waals surface area contributed by atoms with Crippen LogP contribution in [0.1, 0.15) is 12.8 Å². The predicted molar refractivity (Wildman–Crippen MR) is 106 cm³/mol. The maximum atomic E-state index is 11.6. The third-order valence-electron chi connectivity index (χ3n) is 4.46. The van der Waals surface area contributed by atoms with E-state index in [2.05, 4.69) is 9.62 Å². The highest BCUT2D eigenvalue weighted by Gasteiger charge is 2.25. The molecule has 1 aliphatic heterocycles. The molecule has 1 aliphatic rings. The number of nitrogens with one attached hydrogen (secondary N) is 1. The van der Waals surface area contributed by atoms with Crippen molar-refractivity contribution in [3.05, 3.63) is 41.1 Å². The van der Waals surface area contributed by atoms with Crippen molar-refractivity contribution in [1.82, 2.24) is 14.7 Å². The summed E-state index contributed by atoms with van der Waals surface area (Å²) in [6, 6.07) is 9.89. The third-order valence-corrected chi connectivity index (χ3v) is 5.91. The Balaban J connectivity index is 1.75. The number of benzene rings is 1. The number of sulfonamides is 1. The second-order valence-corrected chi connectivity index (χ2v) is 9.14. The first-order valence-corrected chi connectivity index (χ1v) is 11.3. The van der Waals surface area contributed by atoms with Gasteiger partial charge in [0.25, 0.3) is 0 Å². The van der Waals surface area contributed by atoms with Crippen LogP contribution in [0, 0.1) is 0 Å². The van der Waals surface area contributed by atoms with Gasteiger partial charge in [0.05, 0.1) is 11.8 Å². The van der Waals surface area contributed by atoms with Gasteiger partial charge >= 0.3 is 0 Å². The Morgan fingerprint density at radius 1 is 1.23 bits per heavy atom. The Hall–Kier alpha value is -2.03. The number of hydrogen-bond donors (Lipinski definition) is 1. The number of anilines is 1. The molecule has 0 radical (unpaired) electrons. The zero-order valence-electron chi connectivity index (χ0n) is 14.4. The number of hydrogen-bond acceptors (Lipinski definition) is 6. The molecular weight excluding hydrogens is 368 g/mol. The van der Waals surface area contributed by atoms with Crippen LogP contribution in [-0.2, 0) is 10.0 Å². The lowest BCUT2D eigenvalue weighted by atomic mass is 10.1. The number of rotatable bonds is 4. The van der Waals surface area contributed by atoms with E-state index in [1.807, 2.05) is 41.1 Å². The van der Waals surface area contributed by atoms with E-state index in [0.29, 0.717) is 12.4 Å². The van der Waals surface area contributed by atoms with Crippen molar-refractivity contribution in [2.24, 2.45) is 0 Å². The van der Waals surface area contributed by atoms with Gasteiger partial charge in [0.1, 0.15) is 5.82 Å². The Morgan fingerprint density at radius 2 is 2.08 bits per heavy atom. The predicted octanol–water partition coefficient (Wildman–Crippen LogP) is 2.88. The Labute approximate surface area is 157 Å². The smallest absolute Gasteiger partial charge is 0.209 e. The lowest BCUT2D eigenvalue weighted by molar-refractivity contribution is 0.466. The van der Waals surface area contributed by atoms with Crippen LogP contribution >= 0.6 is 11.3 Å². The molecule has 8 heteroatoms. The SMILES string of the molecule is CS(=O)(=O)NC1CCCN(c2nc(-c3ccsc3)nc3ccccc23)C1. The maximum Gasteiger partial charge on any atom is 0.209 e. The topological polar surface area (TPSA) is 75.2 Å². The molecule has 0 spiro atoms. The molecule has 26 heavy (non-hydrogen) atoms. The second kappa shape index (κ2) is 6.94. The average molecular weight is 389 g/mol. The molecule has 1 aromatic carbocycles. The molecule has 3 heterocycles. The van der Waals surface area contributed by atoms with Crippen LogP contribution in [0.4, 0.5) is 5.82 Å². The minimum Gasteiger partial charge on any atom is -0.354 e. The number of piperidine rings is 1. The summed E-state index contributed by atoms with van der Waals surface area (Å²) in [4.78, 5) is 11.7. The fraction of sp³-hybridized carbons (Fsp3) is 0.333. The zero-order valence-corrected chi connectivity index (χ0v) is 16.1. The van der Waals surface area contributed by atoms with E-state index < -0.39 is 10.0 Å². The van der Waals surface area contributed by atoms with Gasteiger partial charge in [-0.05, 0) is 36.4 Å². The highest BCUT2D eigenvalue weighted by molar-refractivity contribution is 7.88. The number of nitrogens with zero attached hydrogens (tertiary/aromatic N) is 3. The van der Waals surface area contributed by atoms with E-state index in [4.69, 9.17) is 9.97 Å². The van der Waals surface area contributed by atoms with Crippen LogP contribution in [-0.4, -0.2) is 43.8 Å². The molecule has 0 saturated carbocycles. The molecule has 1 atom stereocenters.